The molecule has 1 aliphatic rings. The first-order valence-corrected chi connectivity index (χ1v) is 8.63. The number of aromatic amines is 1. The molecule has 0 saturated carbocycles. The molecular weight excluding hydrogens is 308 g/mol. The fourth-order valence-electron chi connectivity index (χ4n) is 2.04. The summed E-state index contributed by atoms with van der Waals surface area (Å²) in [7, 11) is 0. The van der Waals surface area contributed by atoms with Crippen LogP contribution in [-0.2, 0) is 16.1 Å². The van der Waals surface area contributed by atoms with E-state index in [1.165, 1.54) is 11.8 Å². The van der Waals surface area contributed by atoms with Crippen LogP contribution < -0.4 is 5.32 Å². The highest BCUT2D eigenvalue weighted by Gasteiger charge is 2.21. The Morgan fingerprint density at radius 2 is 2.57 bits per heavy atom. The first kappa shape index (κ1) is 14.6. The summed E-state index contributed by atoms with van der Waals surface area (Å²) >= 11 is 2.96. The van der Waals surface area contributed by atoms with Crippen molar-refractivity contribution in [3.05, 3.63) is 28.2 Å². The fraction of sp³-hybridized carbons (Fsp3) is 0.462. The van der Waals surface area contributed by atoms with Gasteiger partial charge in [0.05, 0.1) is 12.3 Å². The van der Waals surface area contributed by atoms with Gasteiger partial charge in [0, 0.05) is 11.5 Å². The van der Waals surface area contributed by atoms with E-state index in [0.717, 1.165) is 30.2 Å². The van der Waals surface area contributed by atoms with Gasteiger partial charge in [0.15, 0.2) is 5.82 Å². The molecule has 21 heavy (non-hydrogen) atoms. The molecule has 2 aromatic heterocycles. The Morgan fingerprint density at radius 1 is 1.62 bits per heavy atom. The summed E-state index contributed by atoms with van der Waals surface area (Å²) in [6.45, 7) is 1.35. The molecule has 0 aromatic carbocycles. The van der Waals surface area contributed by atoms with Crippen LogP contribution in [0.25, 0.3) is 0 Å². The highest BCUT2D eigenvalue weighted by Crippen LogP contribution is 2.26. The van der Waals surface area contributed by atoms with Crippen molar-refractivity contribution >= 4 is 29.0 Å². The van der Waals surface area contributed by atoms with Crippen LogP contribution in [0.3, 0.4) is 0 Å². The zero-order chi connectivity index (χ0) is 14.5. The molecule has 1 unspecified atom stereocenters. The van der Waals surface area contributed by atoms with Crippen molar-refractivity contribution in [3.8, 4) is 0 Å². The van der Waals surface area contributed by atoms with Crippen LogP contribution in [0.1, 0.15) is 29.6 Å². The van der Waals surface area contributed by atoms with Gasteiger partial charge in [-0.2, -0.15) is 0 Å². The number of ether oxygens (including phenoxy) is 1. The predicted octanol–water partition coefficient (Wildman–Crippen LogP) is 2.13. The van der Waals surface area contributed by atoms with Gasteiger partial charge in [-0.15, -0.1) is 16.4 Å². The molecular formula is C13H16N4O2S2. The van der Waals surface area contributed by atoms with Crippen LogP contribution in [0.15, 0.2) is 22.7 Å². The summed E-state index contributed by atoms with van der Waals surface area (Å²) in [5.41, 5.74) is 0. The first-order valence-electron chi connectivity index (χ1n) is 6.77. The van der Waals surface area contributed by atoms with E-state index >= 15 is 0 Å². The molecule has 0 radical (unpaired) electrons. The lowest BCUT2D eigenvalue weighted by Gasteiger charge is -2.03. The van der Waals surface area contributed by atoms with Gasteiger partial charge in [0.25, 0.3) is 0 Å². The smallest absolute Gasteiger partial charge is 0.230 e. The van der Waals surface area contributed by atoms with Gasteiger partial charge in [-0.05, 0) is 24.3 Å². The van der Waals surface area contributed by atoms with E-state index in [0.29, 0.717) is 17.5 Å². The molecule has 1 atom stereocenters. The van der Waals surface area contributed by atoms with Crippen LogP contribution in [0.4, 0.5) is 0 Å². The molecule has 2 N–H and O–H groups in total. The van der Waals surface area contributed by atoms with Crippen LogP contribution >= 0.6 is 23.1 Å². The van der Waals surface area contributed by atoms with Crippen molar-refractivity contribution in [2.45, 2.75) is 30.6 Å². The number of rotatable bonds is 6. The van der Waals surface area contributed by atoms with Gasteiger partial charge in [-0.1, -0.05) is 17.8 Å². The molecule has 2 aromatic rings. The molecule has 8 heteroatoms. The molecule has 6 nitrogen and oxygen atoms in total. The highest BCUT2D eigenvalue weighted by molar-refractivity contribution is 7.99. The summed E-state index contributed by atoms with van der Waals surface area (Å²) in [6, 6.07) is 3.97. The number of hydrogen-bond donors (Lipinski definition) is 2. The molecule has 0 aliphatic carbocycles. The normalized spacial score (nSPS) is 18.0. The van der Waals surface area contributed by atoms with E-state index in [4.69, 9.17) is 4.74 Å². The van der Waals surface area contributed by atoms with Crippen LogP contribution in [0.2, 0.25) is 0 Å². The summed E-state index contributed by atoms with van der Waals surface area (Å²) in [4.78, 5) is 17.3. The number of nitrogens with zero attached hydrogens (tertiary/aromatic N) is 2. The number of carbonyl (C=O) groups excluding carboxylic acids is 1. The number of hydrogen-bond acceptors (Lipinski definition) is 6. The monoisotopic (exact) mass is 324 g/mol. The molecule has 1 aliphatic heterocycles. The number of aromatic nitrogens is 3. The average molecular weight is 324 g/mol. The summed E-state index contributed by atoms with van der Waals surface area (Å²) in [5.74, 6) is 1.06. The lowest BCUT2D eigenvalue weighted by atomic mass is 10.2. The maximum absolute atomic E-state index is 11.8. The third kappa shape index (κ3) is 4.05. The lowest BCUT2D eigenvalue weighted by molar-refractivity contribution is -0.118. The van der Waals surface area contributed by atoms with Crippen molar-refractivity contribution < 1.29 is 9.53 Å². The Balaban J connectivity index is 1.43. The van der Waals surface area contributed by atoms with Crippen molar-refractivity contribution in [2.75, 3.05) is 12.4 Å². The Morgan fingerprint density at radius 3 is 3.33 bits per heavy atom. The molecule has 3 rings (SSSR count). The zero-order valence-corrected chi connectivity index (χ0v) is 13.0. The van der Waals surface area contributed by atoms with Gasteiger partial charge in [0.2, 0.25) is 11.1 Å². The Labute approximate surface area is 130 Å². The number of thiophene rings is 1. The third-order valence-electron chi connectivity index (χ3n) is 3.09. The number of nitrogens with one attached hydrogen (secondary N) is 2. The highest BCUT2D eigenvalue weighted by atomic mass is 32.2. The minimum Gasteiger partial charge on any atom is -0.370 e. The summed E-state index contributed by atoms with van der Waals surface area (Å²) < 4.78 is 5.54. The topological polar surface area (TPSA) is 79.9 Å². The van der Waals surface area contributed by atoms with Crippen molar-refractivity contribution in [1.29, 1.82) is 0 Å². The largest absolute Gasteiger partial charge is 0.370 e. The van der Waals surface area contributed by atoms with Gasteiger partial charge in [0.1, 0.15) is 6.10 Å². The predicted molar refractivity (Wildman–Crippen MR) is 81.2 cm³/mol. The maximum Gasteiger partial charge on any atom is 0.230 e. The van der Waals surface area contributed by atoms with Crippen molar-refractivity contribution in [3.63, 3.8) is 0 Å². The standard InChI is InChI=1S/C13H16N4O2S2/c18-11(14-7-9-3-2-6-20-9)8-21-13-15-12(16-17-13)10-4-1-5-19-10/h2-3,6,10H,1,4-5,7-8H2,(H,14,18)(H,15,16,17). The lowest BCUT2D eigenvalue weighted by Crippen LogP contribution is -2.24. The van der Waals surface area contributed by atoms with E-state index in [2.05, 4.69) is 20.5 Å². The molecule has 112 valence electrons. The van der Waals surface area contributed by atoms with E-state index in [9.17, 15) is 4.79 Å². The second kappa shape index (κ2) is 7.06. The van der Waals surface area contributed by atoms with E-state index in [1.54, 1.807) is 11.3 Å². The van der Waals surface area contributed by atoms with Gasteiger partial charge in [-0.25, -0.2) is 4.98 Å². The Bertz CT molecular complexity index is 579. The maximum atomic E-state index is 11.8. The molecule has 3 heterocycles. The summed E-state index contributed by atoms with van der Waals surface area (Å²) in [6.07, 6.45) is 2.05. The molecule has 1 saturated heterocycles. The molecule has 0 spiro atoms. The van der Waals surface area contributed by atoms with Gasteiger partial charge >= 0.3 is 0 Å². The molecule has 1 amide bonds. The van der Waals surface area contributed by atoms with Crippen molar-refractivity contribution in [2.24, 2.45) is 0 Å². The van der Waals surface area contributed by atoms with E-state index in [1.807, 2.05) is 17.5 Å². The fourth-order valence-corrected chi connectivity index (χ4v) is 3.32. The van der Waals surface area contributed by atoms with Crippen LogP contribution in [0.5, 0.6) is 0 Å². The summed E-state index contributed by atoms with van der Waals surface area (Å²) in [5, 5.41) is 12.5. The van der Waals surface area contributed by atoms with E-state index < -0.39 is 0 Å². The molecule has 1 fully saturated rings. The Hall–Kier alpha value is -1.38. The Kier molecular flexibility index (Phi) is 4.89. The number of H-pyrrole nitrogens is 1. The second-order valence-corrected chi connectivity index (χ2v) is 6.62. The minimum atomic E-state index is -0.0168. The van der Waals surface area contributed by atoms with Crippen LogP contribution in [-0.4, -0.2) is 33.4 Å². The van der Waals surface area contributed by atoms with E-state index in [-0.39, 0.29) is 12.0 Å². The first-order chi connectivity index (χ1) is 10.3. The number of thioether (sulfide) groups is 1. The number of amides is 1. The second-order valence-electron chi connectivity index (χ2n) is 4.65. The van der Waals surface area contributed by atoms with Crippen LogP contribution in [0, 0.1) is 0 Å². The van der Waals surface area contributed by atoms with Gasteiger partial charge < -0.3 is 10.1 Å². The molecule has 0 bridgehead atoms. The third-order valence-corrected chi connectivity index (χ3v) is 4.81. The minimum absolute atomic E-state index is 0.0168. The average Bonchev–Trinajstić information content (AvgIpc) is 3.24. The zero-order valence-electron chi connectivity index (χ0n) is 11.4. The number of carbonyl (C=O) groups is 1. The van der Waals surface area contributed by atoms with Crippen molar-refractivity contribution in [1.82, 2.24) is 20.5 Å². The van der Waals surface area contributed by atoms with Gasteiger partial charge in [-0.3, -0.25) is 9.89 Å². The quantitative estimate of drug-likeness (QED) is 0.796. The SMILES string of the molecule is O=C(CSc1n[nH]c(C2CCCO2)n1)NCc1cccs1.